The predicted octanol–water partition coefficient (Wildman–Crippen LogP) is 1.09. The van der Waals surface area contributed by atoms with E-state index < -0.39 is 42.4 Å². The first-order valence-corrected chi connectivity index (χ1v) is 8.67. The van der Waals surface area contributed by atoms with Crippen molar-refractivity contribution >= 4 is 34.9 Å². The number of nitrogens with zero attached hydrogens (tertiary/aromatic N) is 7. The zero-order valence-electron chi connectivity index (χ0n) is 16.2. The van der Waals surface area contributed by atoms with Gasteiger partial charge in [0.15, 0.2) is 29.9 Å². The van der Waals surface area contributed by atoms with Crippen molar-refractivity contribution in [1.29, 1.82) is 0 Å². The van der Waals surface area contributed by atoms with Crippen molar-refractivity contribution in [1.82, 2.24) is 19.5 Å². The highest BCUT2D eigenvalue weighted by molar-refractivity contribution is 5.80. The quantitative estimate of drug-likeness (QED) is 0.216. The summed E-state index contributed by atoms with van der Waals surface area (Å²) in [5.41, 5.74) is 9.10. The first kappa shape index (κ1) is 21.0. The van der Waals surface area contributed by atoms with E-state index in [1.54, 1.807) is 0 Å². The van der Waals surface area contributed by atoms with Crippen LogP contribution in [0, 0.1) is 0 Å². The molecule has 1 aliphatic rings. The predicted molar refractivity (Wildman–Crippen MR) is 95.8 cm³/mol. The Morgan fingerprint density at radius 2 is 1.83 bits per heavy atom. The molecule has 14 nitrogen and oxygen atoms in total. The SMILES string of the molecule is CC(=O)OCC1OC(n2cnc3c(N=[N+]=[N-])ncnc32)C(OC(C)=O)C1OC(C)=O. The van der Waals surface area contributed by atoms with E-state index in [1.807, 2.05) is 0 Å². The fourth-order valence-electron chi connectivity index (χ4n) is 3.06. The monoisotopic (exact) mass is 419 g/mol. The maximum absolute atomic E-state index is 11.7. The van der Waals surface area contributed by atoms with E-state index in [-0.39, 0.29) is 23.6 Å². The summed E-state index contributed by atoms with van der Waals surface area (Å²) < 4.78 is 23.0. The molecule has 1 saturated heterocycles. The van der Waals surface area contributed by atoms with Gasteiger partial charge < -0.3 is 18.9 Å². The molecule has 2 aromatic rings. The molecule has 0 amide bonds. The van der Waals surface area contributed by atoms with Crippen molar-refractivity contribution < 1.29 is 33.3 Å². The van der Waals surface area contributed by atoms with Crippen molar-refractivity contribution in [2.75, 3.05) is 6.61 Å². The third-order valence-corrected chi connectivity index (χ3v) is 4.09. The van der Waals surface area contributed by atoms with Crippen LogP contribution >= 0.6 is 0 Å². The number of carbonyl (C=O) groups excluding carboxylic acids is 3. The van der Waals surface area contributed by atoms with Gasteiger partial charge in [0.2, 0.25) is 0 Å². The van der Waals surface area contributed by atoms with Gasteiger partial charge in [0.05, 0.1) is 6.33 Å². The van der Waals surface area contributed by atoms with Gasteiger partial charge in [-0.2, -0.15) is 0 Å². The molecule has 3 rings (SSSR count). The van der Waals surface area contributed by atoms with Crippen molar-refractivity contribution in [3.8, 4) is 0 Å². The number of hydrogen-bond donors (Lipinski definition) is 0. The van der Waals surface area contributed by atoms with Crippen molar-refractivity contribution in [2.24, 2.45) is 5.11 Å². The van der Waals surface area contributed by atoms with Crippen molar-refractivity contribution in [3.63, 3.8) is 0 Å². The Bertz CT molecular complexity index is 1030. The van der Waals surface area contributed by atoms with E-state index >= 15 is 0 Å². The lowest BCUT2D eigenvalue weighted by atomic mass is 10.1. The van der Waals surface area contributed by atoms with Crippen LogP contribution in [-0.2, 0) is 33.3 Å². The van der Waals surface area contributed by atoms with Gasteiger partial charge in [-0.25, -0.2) is 15.0 Å². The van der Waals surface area contributed by atoms with Crippen LogP contribution in [0.5, 0.6) is 0 Å². The molecule has 0 spiro atoms. The minimum atomic E-state index is -1.10. The van der Waals surface area contributed by atoms with Crippen LogP contribution in [0.3, 0.4) is 0 Å². The van der Waals surface area contributed by atoms with Gasteiger partial charge in [-0.05, 0) is 10.6 Å². The zero-order chi connectivity index (χ0) is 21.8. The second kappa shape index (κ2) is 8.71. The van der Waals surface area contributed by atoms with Crippen molar-refractivity contribution in [2.45, 2.75) is 45.3 Å². The number of imidazole rings is 1. The molecule has 2 aromatic heterocycles. The molecule has 0 aliphatic carbocycles. The van der Waals surface area contributed by atoms with Gasteiger partial charge in [-0.15, -0.1) is 0 Å². The van der Waals surface area contributed by atoms with Crippen LogP contribution in [0.2, 0.25) is 0 Å². The van der Waals surface area contributed by atoms with E-state index in [1.165, 1.54) is 38.0 Å². The summed E-state index contributed by atoms with van der Waals surface area (Å²) in [6.07, 6.45) is -1.62. The fraction of sp³-hybridized carbons (Fsp3) is 0.500. The molecule has 30 heavy (non-hydrogen) atoms. The van der Waals surface area contributed by atoms with Gasteiger partial charge in [-0.1, -0.05) is 0 Å². The van der Waals surface area contributed by atoms with Crippen LogP contribution in [-0.4, -0.2) is 62.3 Å². The highest BCUT2D eigenvalue weighted by Crippen LogP contribution is 2.36. The Morgan fingerprint density at radius 3 is 2.47 bits per heavy atom. The highest BCUT2D eigenvalue weighted by atomic mass is 16.7. The van der Waals surface area contributed by atoms with Gasteiger partial charge in [-0.3, -0.25) is 19.0 Å². The van der Waals surface area contributed by atoms with Crippen LogP contribution in [0.1, 0.15) is 27.0 Å². The molecule has 0 bridgehead atoms. The first-order chi connectivity index (χ1) is 14.3. The summed E-state index contributed by atoms with van der Waals surface area (Å²) in [5, 5.41) is 3.46. The third kappa shape index (κ3) is 4.29. The van der Waals surface area contributed by atoms with Crippen molar-refractivity contribution in [3.05, 3.63) is 23.1 Å². The number of hydrogen-bond acceptors (Lipinski definition) is 11. The highest BCUT2D eigenvalue weighted by Gasteiger charge is 2.51. The number of esters is 3. The molecular weight excluding hydrogens is 402 g/mol. The standard InChI is InChI=1S/C16H17N7O7/c1-7(24)27-4-10-12(28-8(2)25)13(29-9(3)26)16(30-10)23-6-20-11-14(21-22-17)18-5-19-15(11)23/h5-6,10,12-13,16H,4H2,1-3H3. The number of carbonyl (C=O) groups is 3. The number of rotatable bonds is 6. The topological polar surface area (TPSA) is 180 Å². The van der Waals surface area contributed by atoms with Crippen LogP contribution in [0.4, 0.5) is 5.82 Å². The van der Waals surface area contributed by atoms with E-state index in [0.717, 1.165) is 0 Å². The minimum absolute atomic E-state index is 0.00344. The summed E-state index contributed by atoms with van der Waals surface area (Å²) in [7, 11) is 0. The Balaban J connectivity index is 2.04. The summed E-state index contributed by atoms with van der Waals surface area (Å²) >= 11 is 0. The van der Waals surface area contributed by atoms with Crippen LogP contribution in [0.15, 0.2) is 17.8 Å². The average Bonchev–Trinajstić information content (AvgIpc) is 3.22. The molecule has 0 aromatic carbocycles. The minimum Gasteiger partial charge on any atom is -0.463 e. The molecule has 4 atom stereocenters. The normalized spacial score (nSPS) is 22.9. The summed E-state index contributed by atoms with van der Waals surface area (Å²) in [6.45, 7) is 3.35. The molecule has 0 N–H and O–H groups in total. The second-order valence-electron chi connectivity index (χ2n) is 6.23. The third-order valence-electron chi connectivity index (χ3n) is 4.09. The largest absolute Gasteiger partial charge is 0.463 e. The maximum Gasteiger partial charge on any atom is 0.303 e. The van der Waals surface area contributed by atoms with E-state index in [4.69, 9.17) is 24.5 Å². The number of ether oxygens (including phenoxy) is 4. The zero-order valence-corrected chi connectivity index (χ0v) is 16.2. The van der Waals surface area contributed by atoms with E-state index in [9.17, 15) is 14.4 Å². The number of fused-ring (bicyclic) bond motifs is 1. The Hall–Kier alpha value is -3.77. The number of aromatic nitrogens is 4. The Labute approximate surface area is 168 Å². The van der Waals surface area contributed by atoms with Gasteiger partial charge in [0.1, 0.15) is 24.6 Å². The lowest BCUT2D eigenvalue weighted by Gasteiger charge is -2.23. The lowest BCUT2D eigenvalue weighted by molar-refractivity contribution is -0.166. The van der Waals surface area contributed by atoms with Gasteiger partial charge in [0, 0.05) is 25.7 Å². The maximum atomic E-state index is 11.7. The van der Waals surface area contributed by atoms with Crippen LogP contribution in [0.25, 0.3) is 21.6 Å². The van der Waals surface area contributed by atoms with Gasteiger partial charge in [0.25, 0.3) is 0 Å². The molecule has 4 unspecified atom stereocenters. The molecular formula is C16H17N7O7. The fourth-order valence-corrected chi connectivity index (χ4v) is 3.06. The molecule has 14 heteroatoms. The number of azide groups is 1. The Kier molecular flexibility index (Phi) is 6.09. The summed E-state index contributed by atoms with van der Waals surface area (Å²) in [4.78, 5) is 49.4. The molecule has 1 aliphatic heterocycles. The molecule has 0 saturated carbocycles. The first-order valence-electron chi connectivity index (χ1n) is 8.67. The summed E-state index contributed by atoms with van der Waals surface area (Å²) in [6, 6.07) is 0. The van der Waals surface area contributed by atoms with E-state index in [2.05, 4.69) is 25.0 Å². The van der Waals surface area contributed by atoms with E-state index in [0.29, 0.717) is 0 Å². The Morgan fingerprint density at radius 1 is 1.13 bits per heavy atom. The lowest BCUT2D eigenvalue weighted by Crippen LogP contribution is -2.40. The molecule has 0 radical (unpaired) electrons. The van der Waals surface area contributed by atoms with Crippen LogP contribution < -0.4 is 0 Å². The smallest absolute Gasteiger partial charge is 0.303 e. The molecule has 158 valence electrons. The molecule has 3 heterocycles. The summed E-state index contributed by atoms with van der Waals surface area (Å²) in [5.74, 6) is -1.85. The molecule has 1 fully saturated rings. The second-order valence-corrected chi connectivity index (χ2v) is 6.23. The average molecular weight is 419 g/mol. The van der Waals surface area contributed by atoms with Gasteiger partial charge >= 0.3 is 17.9 Å².